The van der Waals surface area contributed by atoms with Gasteiger partial charge in [-0.25, -0.2) is 0 Å². The molecule has 0 aromatic rings. The van der Waals surface area contributed by atoms with Crippen molar-refractivity contribution in [3.8, 4) is 0 Å². The van der Waals surface area contributed by atoms with Crippen LogP contribution in [-0.4, -0.2) is 28.5 Å². The maximum Gasteiger partial charge on any atom is 0.0943 e. The largest absolute Gasteiger partial charge is 0.512 e. The topological polar surface area (TPSA) is 60.7 Å². The van der Waals surface area contributed by atoms with Crippen LogP contribution in [0.1, 0.15) is 19.3 Å². The molecule has 3 nitrogen and oxygen atoms in total. The minimum atomic E-state index is -0.129. The first kappa shape index (κ1) is 11.2. The molecule has 12 heavy (non-hydrogen) atoms. The quantitative estimate of drug-likeness (QED) is 0.320. The molecule has 0 unspecified atom stereocenters. The highest BCUT2D eigenvalue weighted by molar-refractivity contribution is 4.98. The summed E-state index contributed by atoms with van der Waals surface area (Å²) in [5.74, 6) is 0.178. The number of aliphatic hydroxyl groups excluding tert-OH is 3. The predicted molar refractivity (Wildman–Crippen MR) is 47.9 cm³/mol. The fourth-order valence-corrected chi connectivity index (χ4v) is 0.720. The highest BCUT2D eigenvalue weighted by Crippen LogP contribution is 1.98. The lowest BCUT2D eigenvalue weighted by molar-refractivity contribution is 0.289. The van der Waals surface area contributed by atoms with Crippen molar-refractivity contribution in [2.75, 3.05) is 13.2 Å². The summed E-state index contributed by atoms with van der Waals surface area (Å²) >= 11 is 0. The Morgan fingerprint density at radius 1 is 1.17 bits per heavy atom. The summed E-state index contributed by atoms with van der Waals surface area (Å²) in [4.78, 5) is 0. The molecule has 0 spiro atoms. The number of hydrogen-bond acceptors (Lipinski definition) is 3. The monoisotopic (exact) mass is 172 g/mol. The Morgan fingerprint density at radius 2 is 1.92 bits per heavy atom. The third-order valence-electron chi connectivity index (χ3n) is 1.35. The summed E-state index contributed by atoms with van der Waals surface area (Å²) in [5, 5.41) is 25.8. The van der Waals surface area contributed by atoms with Gasteiger partial charge in [0.25, 0.3) is 0 Å². The van der Waals surface area contributed by atoms with Crippen molar-refractivity contribution < 1.29 is 15.3 Å². The zero-order chi connectivity index (χ0) is 9.23. The van der Waals surface area contributed by atoms with Gasteiger partial charge in [0.05, 0.1) is 12.4 Å². The Bertz CT molecular complexity index is 150. The summed E-state index contributed by atoms with van der Waals surface area (Å²) in [5.41, 5.74) is 0. The Labute approximate surface area is 72.7 Å². The highest BCUT2D eigenvalue weighted by atomic mass is 16.3. The van der Waals surface area contributed by atoms with Crippen LogP contribution in [0.4, 0.5) is 0 Å². The molecule has 0 bridgehead atoms. The molecule has 0 aromatic carbocycles. The molecule has 3 heteroatoms. The SMILES string of the molecule is OCC=C(O)CC=CCCCO. The van der Waals surface area contributed by atoms with Crippen LogP contribution in [0, 0.1) is 0 Å². The van der Waals surface area contributed by atoms with Gasteiger partial charge < -0.3 is 15.3 Å². The Morgan fingerprint density at radius 3 is 2.50 bits per heavy atom. The molecule has 0 saturated carbocycles. The summed E-state index contributed by atoms with van der Waals surface area (Å²) < 4.78 is 0. The van der Waals surface area contributed by atoms with Crippen molar-refractivity contribution >= 4 is 0 Å². The molecule has 3 N–H and O–H groups in total. The standard InChI is InChI=1S/C9H16O3/c10-7-4-2-1-3-5-9(12)6-8-11/h1,3,6,10-12H,2,4-5,7-8H2. The van der Waals surface area contributed by atoms with E-state index in [0.717, 1.165) is 12.8 Å². The molecular weight excluding hydrogens is 156 g/mol. The smallest absolute Gasteiger partial charge is 0.0943 e. The van der Waals surface area contributed by atoms with E-state index in [1.165, 1.54) is 6.08 Å². The van der Waals surface area contributed by atoms with Gasteiger partial charge in [-0.05, 0) is 18.9 Å². The number of hydrogen-bond donors (Lipinski definition) is 3. The van der Waals surface area contributed by atoms with E-state index < -0.39 is 0 Å². The van der Waals surface area contributed by atoms with Crippen molar-refractivity contribution in [2.45, 2.75) is 19.3 Å². The van der Waals surface area contributed by atoms with Crippen LogP contribution in [0.15, 0.2) is 24.0 Å². The molecule has 0 aliphatic rings. The van der Waals surface area contributed by atoms with Crippen LogP contribution in [0.25, 0.3) is 0 Å². The lowest BCUT2D eigenvalue weighted by atomic mass is 10.2. The Kier molecular flexibility index (Phi) is 7.74. The number of rotatable bonds is 6. The zero-order valence-corrected chi connectivity index (χ0v) is 7.11. The average Bonchev–Trinajstić information content (AvgIpc) is 2.05. The molecule has 0 amide bonds. The molecule has 0 atom stereocenters. The molecule has 0 aliphatic carbocycles. The summed E-state index contributed by atoms with van der Waals surface area (Å²) in [6, 6.07) is 0. The van der Waals surface area contributed by atoms with E-state index in [2.05, 4.69) is 0 Å². The second-order valence-corrected chi connectivity index (χ2v) is 2.42. The minimum absolute atomic E-state index is 0.129. The van der Waals surface area contributed by atoms with Crippen LogP contribution in [0.3, 0.4) is 0 Å². The molecule has 0 aliphatic heterocycles. The molecule has 0 saturated heterocycles. The molecule has 0 fully saturated rings. The van der Waals surface area contributed by atoms with Crippen molar-refractivity contribution in [1.29, 1.82) is 0 Å². The van der Waals surface area contributed by atoms with Gasteiger partial charge in [0.15, 0.2) is 0 Å². The van der Waals surface area contributed by atoms with Crippen LogP contribution >= 0.6 is 0 Å². The predicted octanol–water partition coefficient (Wildman–Crippen LogP) is 1.14. The molecule has 0 radical (unpaired) electrons. The van der Waals surface area contributed by atoms with Gasteiger partial charge in [0.1, 0.15) is 0 Å². The van der Waals surface area contributed by atoms with E-state index in [0.29, 0.717) is 6.42 Å². The molecule has 0 heterocycles. The summed E-state index contributed by atoms with van der Waals surface area (Å²) in [7, 11) is 0. The van der Waals surface area contributed by atoms with Crippen molar-refractivity contribution in [2.24, 2.45) is 0 Å². The second kappa shape index (κ2) is 8.30. The van der Waals surface area contributed by atoms with Crippen molar-refractivity contribution in [3.05, 3.63) is 24.0 Å². The third kappa shape index (κ3) is 7.31. The van der Waals surface area contributed by atoms with Crippen LogP contribution in [0.2, 0.25) is 0 Å². The fraction of sp³-hybridized carbons (Fsp3) is 0.556. The lowest BCUT2D eigenvalue weighted by Crippen LogP contribution is -1.82. The van der Waals surface area contributed by atoms with E-state index in [-0.39, 0.29) is 19.0 Å². The maximum atomic E-state index is 9.01. The van der Waals surface area contributed by atoms with Gasteiger partial charge >= 0.3 is 0 Å². The van der Waals surface area contributed by atoms with Crippen molar-refractivity contribution in [3.63, 3.8) is 0 Å². The lowest BCUT2D eigenvalue weighted by Gasteiger charge is -1.92. The molecule has 70 valence electrons. The molecule has 0 rings (SSSR count). The average molecular weight is 172 g/mol. The van der Waals surface area contributed by atoms with Crippen LogP contribution in [0.5, 0.6) is 0 Å². The molecular formula is C9H16O3. The van der Waals surface area contributed by atoms with Crippen LogP contribution < -0.4 is 0 Å². The maximum absolute atomic E-state index is 9.01. The van der Waals surface area contributed by atoms with E-state index in [4.69, 9.17) is 15.3 Å². The van der Waals surface area contributed by atoms with Gasteiger partial charge in [-0.15, -0.1) is 0 Å². The Hall–Kier alpha value is -0.800. The van der Waals surface area contributed by atoms with Gasteiger partial charge in [0, 0.05) is 13.0 Å². The second-order valence-electron chi connectivity index (χ2n) is 2.42. The number of unbranched alkanes of at least 4 members (excludes halogenated alkanes) is 1. The van der Waals surface area contributed by atoms with E-state index in [1.54, 1.807) is 0 Å². The van der Waals surface area contributed by atoms with Gasteiger partial charge in [-0.3, -0.25) is 0 Å². The summed E-state index contributed by atoms with van der Waals surface area (Å²) in [6.07, 6.45) is 7.10. The molecule has 0 aromatic heterocycles. The normalized spacial score (nSPS) is 12.7. The summed E-state index contributed by atoms with van der Waals surface area (Å²) in [6.45, 7) is 0.0686. The Balaban J connectivity index is 3.40. The van der Waals surface area contributed by atoms with Crippen molar-refractivity contribution in [1.82, 2.24) is 0 Å². The highest BCUT2D eigenvalue weighted by Gasteiger charge is 1.86. The third-order valence-corrected chi connectivity index (χ3v) is 1.35. The first-order chi connectivity index (χ1) is 5.81. The first-order valence-electron chi connectivity index (χ1n) is 4.06. The van der Waals surface area contributed by atoms with E-state index in [9.17, 15) is 0 Å². The van der Waals surface area contributed by atoms with E-state index in [1.807, 2.05) is 12.2 Å². The zero-order valence-electron chi connectivity index (χ0n) is 7.11. The van der Waals surface area contributed by atoms with Gasteiger partial charge in [-0.1, -0.05) is 12.2 Å². The van der Waals surface area contributed by atoms with Gasteiger partial charge in [0.2, 0.25) is 0 Å². The number of aliphatic hydroxyl groups is 3. The fourth-order valence-electron chi connectivity index (χ4n) is 0.720. The van der Waals surface area contributed by atoms with E-state index >= 15 is 0 Å². The van der Waals surface area contributed by atoms with Crippen LogP contribution in [-0.2, 0) is 0 Å². The first-order valence-corrected chi connectivity index (χ1v) is 4.06. The minimum Gasteiger partial charge on any atom is -0.512 e. The number of allylic oxidation sites excluding steroid dienone is 2. The van der Waals surface area contributed by atoms with Gasteiger partial charge in [-0.2, -0.15) is 0 Å².